The van der Waals surface area contributed by atoms with Crippen molar-refractivity contribution >= 4 is 58.3 Å². The smallest absolute Gasteiger partial charge is 0.184 e. The SMILES string of the molecule is [Cu+2].[SH+]=C([SH2+])N1CCCCC1.[SH+]=C([SH2+])N1CCCCC1. The molecule has 0 aliphatic carbocycles. The fourth-order valence-corrected chi connectivity index (χ4v) is 3.06. The molecule has 2 aliphatic rings. The summed E-state index contributed by atoms with van der Waals surface area (Å²) in [5.41, 5.74) is 0. The van der Waals surface area contributed by atoms with E-state index in [1.165, 1.54) is 64.7 Å². The average Bonchev–Trinajstić information content (AvgIpc) is 2.41. The van der Waals surface area contributed by atoms with E-state index in [0.29, 0.717) is 0 Å². The molecule has 0 N–H and O–H groups in total. The van der Waals surface area contributed by atoms with E-state index in [2.05, 4.69) is 59.5 Å². The fourth-order valence-electron chi connectivity index (χ4n) is 2.21. The quantitative estimate of drug-likeness (QED) is 0.243. The van der Waals surface area contributed by atoms with Crippen molar-refractivity contribution in [2.24, 2.45) is 0 Å². The molecule has 7 heteroatoms. The van der Waals surface area contributed by atoms with E-state index in [1.807, 2.05) is 0 Å². The maximum Gasteiger partial charge on any atom is 2.00 e. The van der Waals surface area contributed by atoms with Crippen LogP contribution in [0.4, 0.5) is 0 Å². The van der Waals surface area contributed by atoms with Gasteiger partial charge in [-0.2, -0.15) is 9.80 Å². The molecule has 113 valence electrons. The van der Waals surface area contributed by atoms with Crippen LogP contribution in [0.2, 0.25) is 0 Å². The van der Waals surface area contributed by atoms with Gasteiger partial charge in [-0.1, -0.05) is 12.8 Å². The predicted octanol–water partition coefficient (Wildman–Crippen LogP) is -0.302. The number of rotatable bonds is 0. The van der Waals surface area contributed by atoms with Crippen molar-refractivity contribution in [1.29, 1.82) is 0 Å². The summed E-state index contributed by atoms with van der Waals surface area (Å²) < 4.78 is 1.96. The Morgan fingerprint density at radius 3 is 1.05 bits per heavy atom. The topological polar surface area (TPSA) is 6.48 Å². The molecular formula is C12H26CuN2S4+6. The van der Waals surface area contributed by atoms with Gasteiger partial charge in [-0.3, -0.25) is 0 Å². The summed E-state index contributed by atoms with van der Waals surface area (Å²) in [5, 5.41) is 0. The van der Waals surface area contributed by atoms with Gasteiger partial charge in [0, 0.05) is 26.2 Å². The summed E-state index contributed by atoms with van der Waals surface area (Å²) in [6.07, 6.45) is 8.01. The Hall–Kier alpha value is 1.32. The number of piperidine rings is 2. The number of nitrogens with zero attached hydrogens (tertiary/aromatic N) is 2. The number of hydrogen-bond acceptors (Lipinski definition) is 0. The zero-order chi connectivity index (χ0) is 13.4. The van der Waals surface area contributed by atoms with E-state index in [1.54, 1.807) is 0 Å². The van der Waals surface area contributed by atoms with Crippen molar-refractivity contribution in [3.8, 4) is 0 Å². The first-order valence-electron chi connectivity index (χ1n) is 6.66. The van der Waals surface area contributed by atoms with Crippen LogP contribution in [0.15, 0.2) is 0 Å². The van der Waals surface area contributed by atoms with E-state index in [-0.39, 0.29) is 17.1 Å². The number of likely N-dealkylation sites (tertiary alicyclic amines) is 2. The van der Waals surface area contributed by atoms with Crippen molar-refractivity contribution in [3.05, 3.63) is 0 Å². The van der Waals surface area contributed by atoms with Crippen LogP contribution >= 0.6 is 0 Å². The maximum absolute atomic E-state index is 4.20. The minimum absolute atomic E-state index is 0. The molecule has 2 nitrogen and oxygen atoms in total. The first kappa shape index (κ1) is 20.3. The van der Waals surface area contributed by atoms with Crippen LogP contribution in [0, 0.1) is 0 Å². The zero-order valence-corrected chi connectivity index (χ0v) is 15.9. The average molecular weight is 390 g/mol. The molecule has 0 atom stereocenters. The van der Waals surface area contributed by atoms with Crippen LogP contribution in [-0.4, -0.2) is 44.6 Å². The van der Waals surface area contributed by atoms with Gasteiger partial charge in [0.2, 0.25) is 24.4 Å². The molecule has 1 radical (unpaired) electrons. The van der Waals surface area contributed by atoms with E-state index < -0.39 is 0 Å². The summed E-state index contributed by atoms with van der Waals surface area (Å²) in [6.45, 7) is 4.68. The van der Waals surface area contributed by atoms with Gasteiger partial charge < -0.3 is 0 Å². The van der Waals surface area contributed by atoms with E-state index in [4.69, 9.17) is 0 Å². The van der Waals surface area contributed by atoms with Gasteiger partial charge in [-0.25, -0.2) is 0 Å². The molecule has 19 heavy (non-hydrogen) atoms. The Morgan fingerprint density at radius 2 is 0.895 bits per heavy atom. The normalized spacial score (nSPS) is 20.7. The molecule has 0 aromatic carbocycles. The molecule has 0 saturated carbocycles. The van der Waals surface area contributed by atoms with Gasteiger partial charge in [0.1, 0.15) is 0 Å². The summed E-state index contributed by atoms with van der Waals surface area (Å²) in [4.78, 5) is 4.51. The molecule has 2 heterocycles. The molecule has 0 spiro atoms. The van der Waals surface area contributed by atoms with Gasteiger partial charge in [-0.05, 0) is 25.7 Å². The first-order chi connectivity index (χ1) is 8.61. The van der Waals surface area contributed by atoms with Crippen LogP contribution in [0.3, 0.4) is 0 Å². The van der Waals surface area contributed by atoms with Crippen LogP contribution < -0.4 is 0 Å². The number of thiol groups is 2. The second-order valence-electron chi connectivity index (χ2n) is 4.74. The third-order valence-electron chi connectivity index (χ3n) is 3.31. The second-order valence-corrected chi connectivity index (χ2v) is 7.38. The first-order valence-corrected chi connectivity index (χ1v) is 8.55. The maximum atomic E-state index is 4.20. The van der Waals surface area contributed by atoms with E-state index in [0.717, 1.165) is 8.64 Å². The minimum Gasteiger partial charge on any atom is -0.184 e. The predicted molar refractivity (Wildman–Crippen MR) is 98.7 cm³/mol. The summed E-state index contributed by atoms with van der Waals surface area (Å²) >= 11 is 15.2. The Labute approximate surface area is 149 Å². The standard InChI is InChI=1S/2C6H11NS2.Cu/c2*8-6(9)7-4-2-1-3-5-7;/h2*1-5H2,(H,8,9);/q;;+2/p+4. The van der Waals surface area contributed by atoms with Crippen molar-refractivity contribution < 1.29 is 17.1 Å². The Balaban J connectivity index is 0.000000324. The molecule has 0 aromatic heterocycles. The third-order valence-corrected chi connectivity index (χ3v) is 4.51. The summed E-state index contributed by atoms with van der Waals surface area (Å²) in [7, 11) is 0. The van der Waals surface area contributed by atoms with Crippen LogP contribution in [0.1, 0.15) is 38.5 Å². The van der Waals surface area contributed by atoms with Crippen molar-refractivity contribution in [2.45, 2.75) is 38.5 Å². The third kappa shape index (κ3) is 9.04. The summed E-state index contributed by atoms with van der Waals surface area (Å²) in [5.74, 6) is 0. The molecule has 0 bridgehead atoms. The van der Waals surface area contributed by atoms with E-state index in [9.17, 15) is 0 Å². The van der Waals surface area contributed by atoms with E-state index >= 15 is 0 Å². The van der Waals surface area contributed by atoms with Gasteiger partial charge in [0.15, 0.2) is 0 Å². The molecular weight excluding hydrogens is 364 g/mol. The van der Waals surface area contributed by atoms with Crippen molar-refractivity contribution in [1.82, 2.24) is 9.80 Å². The van der Waals surface area contributed by atoms with Crippen molar-refractivity contribution in [2.75, 3.05) is 26.2 Å². The molecule has 2 saturated heterocycles. The van der Waals surface area contributed by atoms with Crippen LogP contribution in [0.25, 0.3) is 0 Å². The summed E-state index contributed by atoms with van der Waals surface area (Å²) in [6, 6.07) is 0. The van der Waals surface area contributed by atoms with Gasteiger partial charge in [-0.15, -0.1) is 0 Å². The monoisotopic (exact) mass is 389 g/mol. The molecule has 0 amide bonds. The molecule has 0 aromatic rings. The minimum atomic E-state index is 0. The largest absolute Gasteiger partial charge is 2.00 e. The van der Waals surface area contributed by atoms with Gasteiger partial charge >= 0.3 is 25.7 Å². The van der Waals surface area contributed by atoms with Crippen LogP contribution in [-0.2, 0) is 66.8 Å². The molecule has 2 aliphatic heterocycles. The zero-order valence-electron chi connectivity index (χ0n) is 11.2. The molecule has 2 fully saturated rings. The molecule has 2 rings (SSSR count). The van der Waals surface area contributed by atoms with Crippen molar-refractivity contribution in [3.63, 3.8) is 0 Å². The second kappa shape index (κ2) is 11.9. The fraction of sp³-hybridized carbons (Fsp3) is 0.833. The Morgan fingerprint density at radius 1 is 0.632 bits per heavy atom. The Bertz CT molecular complexity index is 249. The van der Waals surface area contributed by atoms with Gasteiger partial charge in [0.05, 0.1) is 25.3 Å². The van der Waals surface area contributed by atoms with Crippen LogP contribution in [0.5, 0.6) is 0 Å². The number of hydrogen-bond donors (Lipinski definition) is 0. The van der Waals surface area contributed by atoms with Gasteiger partial charge in [0.25, 0.3) is 0 Å². The molecule has 0 unspecified atom stereocenters. The Kier molecular flexibility index (Phi) is 12.8.